The Kier molecular flexibility index (Phi) is 3.57. The van der Waals surface area contributed by atoms with Crippen LogP contribution in [0.4, 0.5) is 11.5 Å². The van der Waals surface area contributed by atoms with Gasteiger partial charge in [0.15, 0.2) is 0 Å². The molecule has 1 atom stereocenters. The normalized spacial score (nSPS) is 17.4. The fourth-order valence-electron chi connectivity index (χ4n) is 5.60. The molecule has 0 amide bonds. The Balaban J connectivity index is 1.75. The van der Waals surface area contributed by atoms with Crippen molar-refractivity contribution in [3.8, 4) is 22.3 Å². The summed E-state index contributed by atoms with van der Waals surface area (Å²) in [7, 11) is -2.68. The summed E-state index contributed by atoms with van der Waals surface area (Å²) in [6.45, 7) is 0. The lowest BCUT2D eigenvalue weighted by Crippen LogP contribution is -2.79. The lowest BCUT2D eigenvalue weighted by Gasteiger charge is -2.51. The Labute approximate surface area is 187 Å². The molecule has 3 aromatic carbocycles. The second-order valence-electron chi connectivity index (χ2n) is 8.27. The average molecular weight is 426 g/mol. The summed E-state index contributed by atoms with van der Waals surface area (Å²) < 4.78 is 2.57. The largest absolute Gasteiger partial charge is 0.340 e. The van der Waals surface area contributed by atoms with Gasteiger partial charge in [-0.25, -0.2) is 4.98 Å². The van der Waals surface area contributed by atoms with E-state index in [2.05, 4.69) is 101 Å². The molecule has 150 valence electrons. The van der Waals surface area contributed by atoms with Crippen LogP contribution in [0.15, 0.2) is 116 Å². The van der Waals surface area contributed by atoms with Crippen molar-refractivity contribution in [1.29, 1.82) is 0 Å². The summed E-state index contributed by atoms with van der Waals surface area (Å²) in [6.07, 6.45) is 5.82. The van der Waals surface area contributed by atoms with Crippen LogP contribution in [-0.2, 0) is 0 Å². The van der Waals surface area contributed by atoms with Crippen LogP contribution in [-0.4, -0.2) is 18.2 Å². The number of anilines is 2. The molecule has 32 heavy (non-hydrogen) atoms. The first kappa shape index (κ1) is 17.6. The van der Waals surface area contributed by atoms with E-state index in [-0.39, 0.29) is 0 Å². The highest BCUT2D eigenvalue weighted by Crippen LogP contribution is 2.47. The minimum Gasteiger partial charge on any atom is -0.340 e. The highest BCUT2D eigenvalue weighted by Gasteiger charge is 2.55. The minimum absolute atomic E-state index is 1.03. The standard InChI is InChI=1S/C28H19N3Si/c1-2-9-20(10-3-1)32-26-14-6-4-11-21(26)23-13-8-17-30-28(23)31(32)25-16-18-29-19-24(25)22-12-5-7-15-27(22)32/h1-19H. The zero-order valence-corrected chi connectivity index (χ0v) is 18.3. The number of pyridine rings is 2. The molecule has 0 aliphatic carbocycles. The van der Waals surface area contributed by atoms with Crippen molar-refractivity contribution < 1.29 is 0 Å². The molecule has 0 spiro atoms. The van der Waals surface area contributed by atoms with Crippen molar-refractivity contribution in [3.05, 3.63) is 116 Å². The Bertz CT molecular complexity index is 1400. The molecule has 1 unspecified atom stereocenters. The third-order valence-corrected chi connectivity index (χ3v) is 11.5. The second-order valence-corrected chi connectivity index (χ2v) is 11.8. The molecule has 0 saturated heterocycles. The Hall–Kier alpha value is -4.02. The maximum Gasteiger partial charge on any atom is 0.260 e. The number of hydrogen-bond acceptors (Lipinski definition) is 3. The summed E-state index contributed by atoms with van der Waals surface area (Å²) in [6, 6.07) is 35.2. The van der Waals surface area contributed by atoms with Gasteiger partial charge < -0.3 is 4.57 Å². The van der Waals surface area contributed by atoms with Crippen LogP contribution < -0.4 is 20.1 Å². The van der Waals surface area contributed by atoms with E-state index in [0.29, 0.717) is 0 Å². The molecule has 0 fully saturated rings. The molecular weight excluding hydrogens is 406 g/mol. The number of nitrogens with zero attached hydrogens (tertiary/aromatic N) is 3. The molecule has 2 aromatic heterocycles. The molecule has 0 saturated carbocycles. The number of fused-ring (bicyclic) bond motifs is 11. The van der Waals surface area contributed by atoms with Gasteiger partial charge in [0.05, 0.1) is 0 Å². The summed E-state index contributed by atoms with van der Waals surface area (Å²) in [4.78, 5) is 9.48. The van der Waals surface area contributed by atoms with E-state index >= 15 is 0 Å². The van der Waals surface area contributed by atoms with Crippen molar-refractivity contribution >= 4 is 35.3 Å². The highest BCUT2D eigenvalue weighted by molar-refractivity contribution is 7.16. The predicted octanol–water partition coefficient (Wildman–Crippen LogP) is 4.24. The lowest BCUT2D eigenvalue weighted by atomic mass is 10.0. The summed E-state index contributed by atoms with van der Waals surface area (Å²) in [5.74, 6) is 1.03. The number of aromatic nitrogens is 2. The van der Waals surface area contributed by atoms with E-state index in [1.54, 1.807) is 0 Å². The van der Waals surface area contributed by atoms with Crippen LogP contribution in [0.25, 0.3) is 22.3 Å². The van der Waals surface area contributed by atoms with E-state index < -0.39 is 8.24 Å². The summed E-state index contributed by atoms with van der Waals surface area (Å²) in [5.41, 5.74) is 6.09. The molecule has 2 aliphatic rings. The van der Waals surface area contributed by atoms with Crippen LogP contribution in [0, 0.1) is 0 Å². The van der Waals surface area contributed by atoms with Gasteiger partial charge in [-0.1, -0.05) is 78.9 Å². The Morgan fingerprint density at radius 1 is 0.562 bits per heavy atom. The lowest BCUT2D eigenvalue weighted by molar-refractivity contribution is 1.19. The number of benzene rings is 3. The van der Waals surface area contributed by atoms with Gasteiger partial charge in [0.2, 0.25) is 0 Å². The Morgan fingerprint density at radius 2 is 1.22 bits per heavy atom. The van der Waals surface area contributed by atoms with E-state index in [1.807, 2.05) is 24.7 Å². The minimum atomic E-state index is -2.68. The van der Waals surface area contributed by atoms with Crippen LogP contribution in [0.1, 0.15) is 0 Å². The van der Waals surface area contributed by atoms with Crippen molar-refractivity contribution in [3.63, 3.8) is 0 Å². The molecule has 4 heteroatoms. The van der Waals surface area contributed by atoms with Gasteiger partial charge in [-0.3, -0.25) is 4.98 Å². The zero-order chi connectivity index (χ0) is 21.1. The van der Waals surface area contributed by atoms with E-state index in [4.69, 9.17) is 4.98 Å². The van der Waals surface area contributed by atoms with Crippen molar-refractivity contribution in [2.24, 2.45) is 0 Å². The fourth-order valence-corrected chi connectivity index (χ4v) is 10.9. The number of rotatable bonds is 1. The first-order valence-electron chi connectivity index (χ1n) is 10.9. The molecule has 4 heterocycles. The van der Waals surface area contributed by atoms with Crippen LogP contribution in [0.2, 0.25) is 0 Å². The van der Waals surface area contributed by atoms with Gasteiger partial charge in [-0.15, -0.1) is 0 Å². The molecular formula is C28H19N3Si. The van der Waals surface area contributed by atoms with E-state index in [1.165, 1.54) is 37.9 Å². The van der Waals surface area contributed by atoms with Crippen molar-refractivity contribution in [2.45, 2.75) is 0 Å². The van der Waals surface area contributed by atoms with Gasteiger partial charge in [-0.05, 0) is 44.9 Å². The molecule has 5 aromatic rings. The third-order valence-electron chi connectivity index (χ3n) is 6.78. The quantitative estimate of drug-likeness (QED) is 0.376. The Morgan fingerprint density at radius 3 is 2.00 bits per heavy atom. The smallest absolute Gasteiger partial charge is 0.260 e. The molecule has 2 aliphatic heterocycles. The van der Waals surface area contributed by atoms with Gasteiger partial charge in [-0.2, -0.15) is 0 Å². The van der Waals surface area contributed by atoms with Gasteiger partial charge in [0, 0.05) is 35.4 Å². The summed E-state index contributed by atoms with van der Waals surface area (Å²) in [5, 5.41) is 4.15. The second kappa shape index (κ2) is 6.49. The van der Waals surface area contributed by atoms with Crippen molar-refractivity contribution in [2.75, 3.05) is 4.57 Å². The topological polar surface area (TPSA) is 29.0 Å². The SMILES string of the molecule is c1ccc([Si]23c4ccccc4-c4cnccc4N2c2ncccc2-c2ccccc23)cc1. The van der Waals surface area contributed by atoms with Crippen LogP contribution >= 0.6 is 0 Å². The van der Waals surface area contributed by atoms with E-state index in [9.17, 15) is 0 Å². The maximum atomic E-state index is 4.99. The van der Waals surface area contributed by atoms with Crippen molar-refractivity contribution in [1.82, 2.24) is 9.97 Å². The fraction of sp³-hybridized carbons (Fsp3) is 0. The predicted molar refractivity (Wildman–Crippen MR) is 133 cm³/mol. The first-order valence-corrected chi connectivity index (χ1v) is 12.8. The molecule has 0 N–H and O–H groups in total. The molecule has 3 nitrogen and oxygen atoms in total. The highest BCUT2D eigenvalue weighted by atomic mass is 28.3. The molecule has 7 rings (SSSR count). The average Bonchev–Trinajstić information content (AvgIpc) is 2.89. The third kappa shape index (κ3) is 2.09. The van der Waals surface area contributed by atoms with E-state index in [0.717, 1.165) is 11.4 Å². The molecule has 0 bridgehead atoms. The maximum absolute atomic E-state index is 4.99. The van der Waals surface area contributed by atoms with Gasteiger partial charge >= 0.3 is 0 Å². The number of hydrogen-bond donors (Lipinski definition) is 0. The molecule has 0 radical (unpaired) electrons. The summed E-state index contributed by atoms with van der Waals surface area (Å²) >= 11 is 0. The first-order chi connectivity index (χ1) is 15.9. The zero-order valence-electron chi connectivity index (χ0n) is 17.3. The van der Waals surface area contributed by atoms with Gasteiger partial charge in [0.25, 0.3) is 8.24 Å². The monoisotopic (exact) mass is 425 g/mol. The van der Waals surface area contributed by atoms with Crippen LogP contribution in [0.5, 0.6) is 0 Å². The van der Waals surface area contributed by atoms with Gasteiger partial charge in [0.1, 0.15) is 5.82 Å². The van der Waals surface area contributed by atoms with Crippen LogP contribution in [0.3, 0.4) is 0 Å².